The Morgan fingerprint density at radius 2 is 1.50 bits per heavy atom. The molecule has 0 saturated carbocycles. The molecule has 0 bridgehead atoms. The topological polar surface area (TPSA) is 0 Å². The summed E-state index contributed by atoms with van der Waals surface area (Å²) in [6, 6.07) is 0. The van der Waals surface area contributed by atoms with Crippen molar-refractivity contribution < 1.29 is 0 Å². The Bertz CT molecular complexity index is 37.3. The highest BCUT2D eigenvalue weighted by molar-refractivity contribution is 4.52. The van der Waals surface area contributed by atoms with E-state index in [0.29, 0.717) is 0 Å². The Labute approximate surface area is 54.3 Å². The first kappa shape index (κ1) is 10.9. The van der Waals surface area contributed by atoms with Gasteiger partial charge in [0.05, 0.1) is 0 Å². The number of rotatable bonds is 2. The van der Waals surface area contributed by atoms with Crippen LogP contribution >= 0.6 is 0 Å². The molecule has 0 aromatic carbocycles. The summed E-state index contributed by atoms with van der Waals surface area (Å²) in [5.41, 5.74) is 0. The Balaban J connectivity index is 0. The third-order valence-corrected chi connectivity index (χ3v) is 1.78. The lowest BCUT2D eigenvalue weighted by Gasteiger charge is -2.10. The van der Waals surface area contributed by atoms with E-state index in [4.69, 9.17) is 0 Å². The van der Waals surface area contributed by atoms with Crippen molar-refractivity contribution >= 4 is 0 Å². The monoisotopic (exact) mass is 116 g/mol. The van der Waals surface area contributed by atoms with Gasteiger partial charge in [-0.2, -0.15) is 0 Å². The van der Waals surface area contributed by atoms with E-state index in [0.717, 1.165) is 11.8 Å². The third-order valence-electron chi connectivity index (χ3n) is 1.78. The van der Waals surface area contributed by atoms with E-state index in [2.05, 4.69) is 27.7 Å². The molecule has 0 heterocycles. The first-order valence-corrected chi connectivity index (χ1v) is 3.18. The van der Waals surface area contributed by atoms with Gasteiger partial charge < -0.3 is 0 Å². The number of hydrogen-bond donors (Lipinski definition) is 0. The van der Waals surface area contributed by atoms with E-state index in [-0.39, 0.29) is 7.43 Å². The molecule has 1 unspecified atom stereocenters. The van der Waals surface area contributed by atoms with Crippen LogP contribution in [0.3, 0.4) is 0 Å². The van der Waals surface area contributed by atoms with Crippen molar-refractivity contribution in [2.24, 2.45) is 11.8 Å². The minimum absolute atomic E-state index is 0. The molecule has 0 N–H and O–H groups in total. The number of hydrogen-bond acceptors (Lipinski definition) is 0. The van der Waals surface area contributed by atoms with Crippen LogP contribution in [0.1, 0.15) is 41.5 Å². The average molecular weight is 116 g/mol. The van der Waals surface area contributed by atoms with Gasteiger partial charge in [0, 0.05) is 0 Å². The van der Waals surface area contributed by atoms with Crippen LogP contribution < -0.4 is 0 Å². The van der Waals surface area contributed by atoms with E-state index in [1.807, 2.05) is 0 Å². The lowest BCUT2D eigenvalue weighted by Crippen LogP contribution is -2.00. The van der Waals surface area contributed by atoms with Crippen LogP contribution in [-0.4, -0.2) is 0 Å². The van der Waals surface area contributed by atoms with E-state index in [9.17, 15) is 0 Å². The molecule has 0 aromatic heterocycles. The normalized spacial score (nSPS) is 13.1. The van der Waals surface area contributed by atoms with Gasteiger partial charge in [-0.15, -0.1) is 0 Å². The second kappa shape index (κ2) is 5.14. The Morgan fingerprint density at radius 3 is 1.50 bits per heavy atom. The highest BCUT2D eigenvalue weighted by atomic mass is 14.1. The summed E-state index contributed by atoms with van der Waals surface area (Å²) in [4.78, 5) is 0. The van der Waals surface area contributed by atoms with Gasteiger partial charge >= 0.3 is 0 Å². The molecule has 0 spiro atoms. The Morgan fingerprint density at radius 1 is 1.12 bits per heavy atom. The van der Waals surface area contributed by atoms with Gasteiger partial charge in [0.25, 0.3) is 0 Å². The van der Waals surface area contributed by atoms with Crippen LogP contribution in [0.5, 0.6) is 0 Å². The van der Waals surface area contributed by atoms with Gasteiger partial charge in [-0.05, 0) is 11.8 Å². The second-order valence-corrected chi connectivity index (χ2v) is 2.63. The molecular weight excluding hydrogens is 96.1 g/mol. The van der Waals surface area contributed by atoms with Crippen LogP contribution in [0.15, 0.2) is 0 Å². The van der Waals surface area contributed by atoms with Crippen molar-refractivity contribution in [3.8, 4) is 0 Å². The van der Waals surface area contributed by atoms with Crippen molar-refractivity contribution in [1.29, 1.82) is 0 Å². The Kier molecular flexibility index (Phi) is 7.00. The molecule has 8 heavy (non-hydrogen) atoms. The van der Waals surface area contributed by atoms with E-state index in [1.54, 1.807) is 0 Å². The average Bonchev–Trinajstić information content (AvgIpc) is 1.65. The van der Waals surface area contributed by atoms with Crippen molar-refractivity contribution in [2.45, 2.75) is 41.5 Å². The lowest BCUT2D eigenvalue weighted by molar-refractivity contribution is 0.407. The summed E-state index contributed by atoms with van der Waals surface area (Å²) in [6.07, 6.45) is 1.32. The maximum atomic E-state index is 2.30. The zero-order valence-corrected chi connectivity index (χ0v) is 5.86. The molecule has 0 fully saturated rings. The van der Waals surface area contributed by atoms with Gasteiger partial charge in [0.2, 0.25) is 0 Å². The summed E-state index contributed by atoms with van der Waals surface area (Å²) in [5.74, 6) is 1.77. The molecule has 0 saturated heterocycles. The molecule has 0 aliphatic heterocycles. The van der Waals surface area contributed by atoms with Crippen molar-refractivity contribution in [1.82, 2.24) is 0 Å². The molecule has 0 rings (SSSR count). The fourth-order valence-electron chi connectivity index (χ4n) is 0.471. The fourth-order valence-corrected chi connectivity index (χ4v) is 0.471. The van der Waals surface area contributed by atoms with Crippen LogP contribution in [0.2, 0.25) is 0 Å². The van der Waals surface area contributed by atoms with E-state index >= 15 is 0 Å². The first-order chi connectivity index (χ1) is 3.18. The molecule has 0 radical (unpaired) electrons. The smallest absolute Gasteiger partial charge is 0.0422 e. The summed E-state index contributed by atoms with van der Waals surface area (Å²) in [5, 5.41) is 0. The maximum absolute atomic E-state index is 2.30. The zero-order chi connectivity index (χ0) is 5.86. The Hall–Kier alpha value is 0. The molecule has 0 heteroatoms. The summed E-state index contributed by atoms with van der Waals surface area (Å²) < 4.78 is 0. The van der Waals surface area contributed by atoms with Gasteiger partial charge in [-0.25, -0.2) is 0 Å². The van der Waals surface area contributed by atoms with Gasteiger partial charge in [0.1, 0.15) is 0 Å². The van der Waals surface area contributed by atoms with Crippen LogP contribution in [0, 0.1) is 11.8 Å². The lowest BCUT2D eigenvalue weighted by atomic mass is 9.96. The highest BCUT2D eigenvalue weighted by Crippen LogP contribution is 2.11. The second-order valence-electron chi connectivity index (χ2n) is 2.63. The standard InChI is InChI=1S/C7H16.CH4/c1-5-7(4)6(2)3;/h6-7H,5H2,1-4H3;1H4. The van der Waals surface area contributed by atoms with Crippen LogP contribution in [0.25, 0.3) is 0 Å². The maximum Gasteiger partial charge on any atom is -0.0422 e. The molecular formula is C8H20. The molecule has 52 valence electrons. The van der Waals surface area contributed by atoms with Crippen molar-refractivity contribution in [2.75, 3.05) is 0 Å². The van der Waals surface area contributed by atoms with E-state index in [1.165, 1.54) is 6.42 Å². The molecule has 0 nitrogen and oxygen atoms in total. The van der Waals surface area contributed by atoms with E-state index < -0.39 is 0 Å². The van der Waals surface area contributed by atoms with Crippen molar-refractivity contribution in [3.05, 3.63) is 0 Å². The van der Waals surface area contributed by atoms with Gasteiger partial charge in [-0.1, -0.05) is 41.5 Å². The summed E-state index contributed by atoms with van der Waals surface area (Å²) >= 11 is 0. The third kappa shape index (κ3) is 4.17. The summed E-state index contributed by atoms with van der Waals surface area (Å²) in [6.45, 7) is 9.08. The quantitative estimate of drug-likeness (QED) is 0.519. The summed E-state index contributed by atoms with van der Waals surface area (Å²) in [7, 11) is 0. The molecule has 0 aliphatic carbocycles. The minimum atomic E-state index is 0. The van der Waals surface area contributed by atoms with Crippen molar-refractivity contribution in [3.63, 3.8) is 0 Å². The van der Waals surface area contributed by atoms with Gasteiger partial charge in [0.15, 0.2) is 0 Å². The van der Waals surface area contributed by atoms with Crippen LogP contribution in [-0.2, 0) is 0 Å². The van der Waals surface area contributed by atoms with Gasteiger partial charge in [-0.3, -0.25) is 0 Å². The SMILES string of the molecule is C.CCC(C)C(C)C. The minimum Gasteiger partial charge on any atom is -0.0776 e. The first-order valence-electron chi connectivity index (χ1n) is 3.18. The van der Waals surface area contributed by atoms with Crippen LogP contribution in [0.4, 0.5) is 0 Å². The molecule has 1 atom stereocenters. The molecule has 0 aliphatic rings. The largest absolute Gasteiger partial charge is 0.0776 e. The molecule has 0 aromatic rings. The predicted octanol–water partition coefficient (Wildman–Crippen LogP) is 3.32. The zero-order valence-electron chi connectivity index (χ0n) is 5.86. The fraction of sp³-hybridized carbons (Fsp3) is 1.00. The highest BCUT2D eigenvalue weighted by Gasteiger charge is 2.01. The predicted molar refractivity (Wildman–Crippen MR) is 41.0 cm³/mol. The molecule has 0 amide bonds.